The van der Waals surface area contributed by atoms with Gasteiger partial charge in [0.25, 0.3) is 0 Å². The topological polar surface area (TPSA) is 21.3 Å². The van der Waals surface area contributed by atoms with Crippen LogP contribution in [0.5, 0.6) is 0 Å². The van der Waals surface area contributed by atoms with Gasteiger partial charge in [0, 0.05) is 17.5 Å². The van der Waals surface area contributed by atoms with E-state index in [1.54, 1.807) is 0 Å². The standard InChI is InChI=1S/C12H13BrFNO/c13-9-3-1-2-8-6-12(15-11(8)9)4-5-16-7-10(12)14/h1-3,10,15H,4-7H2. The van der Waals surface area contributed by atoms with Gasteiger partial charge in [-0.25, -0.2) is 4.39 Å². The number of alkyl halides is 1. The first kappa shape index (κ1) is 10.5. The minimum Gasteiger partial charge on any atom is -0.378 e. The smallest absolute Gasteiger partial charge is 0.147 e. The van der Waals surface area contributed by atoms with Crippen molar-refractivity contribution in [3.05, 3.63) is 28.2 Å². The van der Waals surface area contributed by atoms with Crippen LogP contribution < -0.4 is 5.32 Å². The molecule has 1 saturated heterocycles. The zero-order valence-corrected chi connectivity index (χ0v) is 10.4. The van der Waals surface area contributed by atoms with E-state index in [0.29, 0.717) is 6.61 Å². The summed E-state index contributed by atoms with van der Waals surface area (Å²) < 4.78 is 20.2. The molecule has 4 heteroatoms. The van der Waals surface area contributed by atoms with Crippen molar-refractivity contribution < 1.29 is 9.13 Å². The number of rotatable bonds is 0. The molecule has 2 atom stereocenters. The zero-order valence-electron chi connectivity index (χ0n) is 8.80. The third-order valence-corrected chi connectivity index (χ3v) is 4.20. The molecule has 2 heterocycles. The Morgan fingerprint density at radius 3 is 3.12 bits per heavy atom. The molecule has 0 aromatic heterocycles. The summed E-state index contributed by atoms with van der Waals surface area (Å²) >= 11 is 3.50. The van der Waals surface area contributed by atoms with E-state index in [9.17, 15) is 4.39 Å². The fourth-order valence-electron chi connectivity index (χ4n) is 2.59. The highest BCUT2D eigenvalue weighted by Crippen LogP contribution is 2.42. The Labute approximate surface area is 102 Å². The Hall–Kier alpha value is -0.610. The third kappa shape index (κ3) is 1.47. The summed E-state index contributed by atoms with van der Waals surface area (Å²) in [5.74, 6) is 0. The predicted octanol–water partition coefficient (Wildman–Crippen LogP) is 2.91. The van der Waals surface area contributed by atoms with Gasteiger partial charge in [0.2, 0.25) is 0 Å². The fraction of sp³-hybridized carbons (Fsp3) is 0.500. The Balaban J connectivity index is 1.97. The molecule has 2 aliphatic heterocycles. The van der Waals surface area contributed by atoms with Crippen molar-refractivity contribution in [2.75, 3.05) is 18.5 Å². The number of anilines is 1. The zero-order chi connectivity index (χ0) is 11.2. The van der Waals surface area contributed by atoms with Crippen LogP contribution >= 0.6 is 15.9 Å². The third-order valence-electron chi connectivity index (χ3n) is 3.54. The molecule has 1 aromatic carbocycles. The average Bonchev–Trinajstić information content (AvgIpc) is 2.64. The van der Waals surface area contributed by atoms with Crippen molar-refractivity contribution in [3.8, 4) is 0 Å². The van der Waals surface area contributed by atoms with Gasteiger partial charge in [0.05, 0.1) is 17.8 Å². The molecule has 2 nitrogen and oxygen atoms in total. The van der Waals surface area contributed by atoms with Gasteiger partial charge in [-0.3, -0.25) is 0 Å². The van der Waals surface area contributed by atoms with Gasteiger partial charge in [-0.15, -0.1) is 0 Å². The summed E-state index contributed by atoms with van der Waals surface area (Å²) in [7, 11) is 0. The van der Waals surface area contributed by atoms with Gasteiger partial charge >= 0.3 is 0 Å². The van der Waals surface area contributed by atoms with Crippen molar-refractivity contribution in [1.82, 2.24) is 0 Å². The Morgan fingerprint density at radius 1 is 1.50 bits per heavy atom. The highest BCUT2D eigenvalue weighted by molar-refractivity contribution is 9.10. The van der Waals surface area contributed by atoms with Crippen LogP contribution in [-0.2, 0) is 11.2 Å². The molecule has 3 rings (SSSR count). The summed E-state index contributed by atoms with van der Waals surface area (Å²) in [6, 6.07) is 6.04. The van der Waals surface area contributed by atoms with Crippen LogP contribution in [0.1, 0.15) is 12.0 Å². The number of benzene rings is 1. The highest BCUT2D eigenvalue weighted by Gasteiger charge is 2.46. The Bertz CT molecular complexity index is 425. The molecule has 0 radical (unpaired) electrons. The molecule has 16 heavy (non-hydrogen) atoms. The van der Waals surface area contributed by atoms with E-state index in [1.807, 2.05) is 12.1 Å². The monoisotopic (exact) mass is 285 g/mol. The van der Waals surface area contributed by atoms with E-state index >= 15 is 0 Å². The second-order valence-corrected chi connectivity index (χ2v) is 5.38. The Kier molecular flexibility index (Phi) is 2.44. The molecule has 1 fully saturated rings. The first-order valence-electron chi connectivity index (χ1n) is 5.49. The number of hydrogen-bond acceptors (Lipinski definition) is 2. The largest absolute Gasteiger partial charge is 0.378 e. The number of halogens is 2. The minimum absolute atomic E-state index is 0.207. The molecule has 0 bridgehead atoms. The van der Waals surface area contributed by atoms with Crippen LogP contribution in [0.2, 0.25) is 0 Å². The summed E-state index contributed by atoms with van der Waals surface area (Å²) in [6.07, 6.45) is 0.558. The minimum atomic E-state index is -0.930. The number of fused-ring (bicyclic) bond motifs is 1. The molecule has 86 valence electrons. The molecule has 1 N–H and O–H groups in total. The Morgan fingerprint density at radius 2 is 2.38 bits per heavy atom. The number of ether oxygens (including phenoxy) is 1. The van der Waals surface area contributed by atoms with E-state index in [1.165, 1.54) is 5.56 Å². The first-order chi connectivity index (χ1) is 7.71. The lowest BCUT2D eigenvalue weighted by molar-refractivity contribution is -0.00545. The van der Waals surface area contributed by atoms with E-state index in [-0.39, 0.29) is 6.61 Å². The van der Waals surface area contributed by atoms with Gasteiger partial charge in [-0.2, -0.15) is 0 Å². The maximum Gasteiger partial charge on any atom is 0.147 e. The summed E-state index contributed by atoms with van der Waals surface area (Å²) in [4.78, 5) is 0. The van der Waals surface area contributed by atoms with Crippen LogP contribution in [0, 0.1) is 0 Å². The summed E-state index contributed by atoms with van der Waals surface area (Å²) in [6.45, 7) is 0.845. The second kappa shape index (κ2) is 3.70. The van der Waals surface area contributed by atoms with Crippen molar-refractivity contribution in [1.29, 1.82) is 0 Å². The molecular weight excluding hydrogens is 273 g/mol. The van der Waals surface area contributed by atoms with Crippen LogP contribution in [0.25, 0.3) is 0 Å². The van der Waals surface area contributed by atoms with Crippen molar-refractivity contribution in [3.63, 3.8) is 0 Å². The van der Waals surface area contributed by atoms with Gasteiger partial charge in [0.1, 0.15) is 6.17 Å². The highest BCUT2D eigenvalue weighted by atomic mass is 79.9. The maximum absolute atomic E-state index is 14.0. The normalized spacial score (nSPS) is 32.5. The van der Waals surface area contributed by atoms with Crippen molar-refractivity contribution in [2.45, 2.75) is 24.6 Å². The molecule has 1 aromatic rings. The first-order valence-corrected chi connectivity index (χ1v) is 6.28. The average molecular weight is 286 g/mol. The number of hydrogen-bond donors (Lipinski definition) is 1. The van der Waals surface area contributed by atoms with Gasteiger partial charge in [0.15, 0.2) is 0 Å². The summed E-state index contributed by atoms with van der Waals surface area (Å²) in [5, 5.41) is 3.37. The van der Waals surface area contributed by atoms with Gasteiger partial charge in [-0.05, 0) is 34.0 Å². The van der Waals surface area contributed by atoms with E-state index in [2.05, 4.69) is 27.3 Å². The summed E-state index contributed by atoms with van der Waals surface area (Å²) in [5.41, 5.74) is 1.80. The molecule has 0 saturated carbocycles. The molecule has 2 aliphatic rings. The number of nitrogens with one attached hydrogen (secondary N) is 1. The van der Waals surface area contributed by atoms with Crippen LogP contribution in [0.15, 0.2) is 22.7 Å². The fourth-order valence-corrected chi connectivity index (χ4v) is 3.09. The molecule has 1 spiro atoms. The van der Waals surface area contributed by atoms with Crippen LogP contribution in [0.3, 0.4) is 0 Å². The lowest BCUT2D eigenvalue weighted by atomic mass is 9.86. The van der Waals surface area contributed by atoms with Crippen molar-refractivity contribution in [2.24, 2.45) is 0 Å². The number of para-hydroxylation sites is 1. The lowest BCUT2D eigenvalue weighted by Crippen LogP contribution is -2.52. The van der Waals surface area contributed by atoms with Crippen molar-refractivity contribution >= 4 is 21.6 Å². The molecule has 2 unspecified atom stereocenters. The van der Waals surface area contributed by atoms with Crippen LogP contribution in [0.4, 0.5) is 10.1 Å². The SMILES string of the molecule is FC1COCCC12Cc1cccc(Br)c1N2. The van der Waals surface area contributed by atoms with E-state index in [0.717, 1.165) is 23.0 Å². The predicted molar refractivity (Wildman–Crippen MR) is 64.5 cm³/mol. The van der Waals surface area contributed by atoms with Crippen LogP contribution in [-0.4, -0.2) is 24.9 Å². The lowest BCUT2D eigenvalue weighted by Gasteiger charge is -2.37. The second-order valence-electron chi connectivity index (χ2n) is 4.52. The van der Waals surface area contributed by atoms with Gasteiger partial charge < -0.3 is 10.1 Å². The molecule has 0 aliphatic carbocycles. The quantitative estimate of drug-likeness (QED) is 0.791. The van der Waals surface area contributed by atoms with Gasteiger partial charge in [-0.1, -0.05) is 12.1 Å². The van der Waals surface area contributed by atoms with E-state index in [4.69, 9.17) is 4.74 Å². The molecular formula is C12H13BrFNO. The molecule has 0 amide bonds. The van der Waals surface area contributed by atoms with E-state index < -0.39 is 11.7 Å². The maximum atomic E-state index is 14.0.